The number of aromatic nitrogens is 2. The predicted molar refractivity (Wildman–Crippen MR) is 124 cm³/mol. The summed E-state index contributed by atoms with van der Waals surface area (Å²) in [6.45, 7) is 8.54. The summed E-state index contributed by atoms with van der Waals surface area (Å²) in [6, 6.07) is 7.57. The number of thiophene rings is 1. The van der Waals surface area contributed by atoms with Gasteiger partial charge in [-0.15, -0.1) is 11.3 Å². The van der Waals surface area contributed by atoms with Gasteiger partial charge in [-0.25, -0.2) is 0 Å². The topological polar surface area (TPSA) is 50.6 Å². The van der Waals surface area contributed by atoms with E-state index in [1.54, 1.807) is 0 Å². The SMILES string of the molecule is Cc1cc(OCc2csc(C(=O)N3CCN(Cc4cn(C)nc4C)CC3)c2)ccc1Cl. The summed E-state index contributed by atoms with van der Waals surface area (Å²) < 4.78 is 7.72. The summed E-state index contributed by atoms with van der Waals surface area (Å²) in [4.78, 5) is 18.0. The third-order valence-electron chi connectivity index (χ3n) is 5.57. The Morgan fingerprint density at radius 2 is 1.97 bits per heavy atom. The van der Waals surface area contributed by atoms with Crippen molar-refractivity contribution in [3.8, 4) is 5.75 Å². The van der Waals surface area contributed by atoms with E-state index in [0.29, 0.717) is 6.61 Å². The van der Waals surface area contributed by atoms with Gasteiger partial charge in [-0.1, -0.05) is 11.6 Å². The van der Waals surface area contributed by atoms with Gasteiger partial charge in [0.2, 0.25) is 0 Å². The molecule has 1 aromatic carbocycles. The highest BCUT2D eigenvalue weighted by molar-refractivity contribution is 7.12. The lowest BCUT2D eigenvalue weighted by Gasteiger charge is -2.34. The minimum Gasteiger partial charge on any atom is -0.489 e. The van der Waals surface area contributed by atoms with E-state index in [1.165, 1.54) is 16.9 Å². The van der Waals surface area contributed by atoms with Crippen molar-refractivity contribution >= 4 is 28.8 Å². The molecule has 8 heteroatoms. The van der Waals surface area contributed by atoms with Crippen molar-refractivity contribution in [2.75, 3.05) is 26.2 Å². The van der Waals surface area contributed by atoms with Crippen molar-refractivity contribution in [2.24, 2.45) is 7.05 Å². The van der Waals surface area contributed by atoms with Crippen LogP contribution in [0.15, 0.2) is 35.8 Å². The van der Waals surface area contributed by atoms with Gasteiger partial charge >= 0.3 is 0 Å². The number of ether oxygens (including phenoxy) is 1. The summed E-state index contributed by atoms with van der Waals surface area (Å²) in [7, 11) is 1.95. The van der Waals surface area contributed by atoms with Gasteiger partial charge in [-0.2, -0.15) is 5.10 Å². The monoisotopic (exact) mass is 458 g/mol. The van der Waals surface area contributed by atoms with Crippen LogP contribution in [-0.2, 0) is 20.2 Å². The van der Waals surface area contributed by atoms with Crippen molar-refractivity contribution < 1.29 is 9.53 Å². The van der Waals surface area contributed by atoms with Crippen molar-refractivity contribution in [3.63, 3.8) is 0 Å². The van der Waals surface area contributed by atoms with Crippen LogP contribution in [0.2, 0.25) is 5.02 Å². The first-order chi connectivity index (χ1) is 14.9. The van der Waals surface area contributed by atoms with Crippen molar-refractivity contribution in [1.29, 1.82) is 0 Å². The van der Waals surface area contributed by atoms with Gasteiger partial charge in [0.1, 0.15) is 12.4 Å². The van der Waals surface area contributed by atoms with Gasteiger partial charge in [-0.05, 0) is 49.1 Å². The number of carbonyl (C=O) groups excluding carboxylic acids is 1. The number of aryl methyl sites for hydroxylation is 3. The summed E-state index contributed by atoms with van der Waals surface area (Å²) in [5, 5.41) is 7.14. The van der Waals surface area contributed by atoms with Gasteiger partial charge in [0.15, 0.2) is 0 Å². The molecule has 0 unspecified atom stereocenters. The average molecular weight is 459 g/mol. The molecule has 1 amide bonds. The van der Waals surface area contributed by atoms with E-state index in [0.717, 1.165) is 65.2 Å². The van der Waals surface area contributed by atoms with E-state index in [4.69, 9.17) is 16.3 Å². The first kappa shape index (κ1) is 21.9. The van der Waals surface area contributed by atoms with Gasteiger partial charge in [0, 0.05) is 62.1 Å². The number of nitrogens with zero attached hydrogens (tertiary/aromatic N) is 4. The molecule has 31 heavy (non-hydrogen) atoms. The highest BCUT2D eigenvalue weighted by Crippen LogP contribution is 2.24. The van der Waals surface area contributed by atoms with E-state index in [2.05, 4.69) is 16.2 Å². The Bertz CT molecular complexity index is 1070. The number of hydrogen-bond donors (Lipinski definition) is 0. The van der Waals surface area contributed by atoms with Crippen LogP contribution in [0, 0.1) is 13.8 Å². The Morgan fingerprint density at radius 1 is 1.19 bits per heavy atom. The molecule has 2 aromatic heterocycles. The van der Waals surface area contributed by atoms with E-state index in [1.807, 2.05) is 60.1 Å². The lowest BCUT2D eigenvalue weighted by molar-refractivity contribution is 0.0633. The van der Waals surface area contributed by atoms with E-state index >= 15 is 0 Å². The summed E-state index contributed by atoms with van der Waals surface area (Å²) in [6.07, 6.45) is 2.08. The lowest BCUT2D eigenvalue weighted by Crippen LogP contribution is -2.48. The molecule has 0 aliphatic carbocycles. The number of amides is 1. The van der Waals surface area contributed by atoms with Crippen LogP contribution >= 0.6 is 22.9 Å². The molecule has 0 N–H and O–H groups in total. The fourth-order valence-electron chi connectivity index (χ4n) is 3.75. The van der Waals surface area contributed by atoms with E-state index in [9.17, 15) is 4.79 Å². The van der Waals surface area contributed by atoms with Gasteiger partial charge in [0.25, 0.3) is 5.91 Å². The smallest absolute Gasteiger partial charge is 0.264 e. The Hall–Kier alpha value is -2.35. The average Bonchev–Trinajstić information content (AvgIpc) is 3.35. The standard InChI is InChI=1S/C23H27ClN4O2S/c1-16-10-20(4-5-21(16)24)30-14-18-11-22(31-15-18)23(29)28-8-6-27(7-9-28)13-19-12-26(3)25-17(19)2/h4-5,10-12,15H,6-9,13-14H2,1-3H3. The third kappa shape index (κ3) is 5.29. The van der Waals surface area contributed by atoms with E-state index < -0.39 is 0 Å². The second-order valence-electron chi connectivity index (χ2n) is 8.00. The molecule has 3 aromatic rings. The van der Waals surface area contributed by atoms with Gasteiger partial charge < -0.3 is 9.64 Å². The molecular formula is C23H27ClN4O2S. The zero-order valence-corrected chi connectivity index (χ0v) is 19.7. The lowest BCUT2D eigenvalue weighted by atomic mass is 10.2. The van der Waals surface area contributed by atoms with Crippen LogP contribution in [-0.4, -0.2) is 51.7 Å². The zero-order chi connectivity index (χ0) is 22.0. The molecule has 0 spiro atoms. The van der Waals surface area contributed by atoms with Crippen LogP contribution in [0.3, 0.4) is 0 Å². The number of piperazine rings is 1. The van der Waals surface area contributed by atoms with Crippen LogP contribution in [0.1, 0.15) is 32.1 Å². The molecule has 0 saturated carbocycles. The van der Waals surface area contributed by atoms with Gasteiger partial charge in [0.05, 0.1) is 10.6 Å². The maximum atomic E-state index is 12.9. The number of rotatable bonds is 6. The number of hydrogen-bond acceptors (Lipinski definition) is 5. The Labute approximate surface area is 192 Å². The maximum Gasteiger partial charge on any atom is 0.264 e. The minimum absolute atomic E-state index is 0.107. The first-order valence-corrected chi connectivity index (χ1v) is 11.6. The molecule has 1 aliphatic rings. The summed E-state index contributed by atoms with van der Waals surface area (Å²) in [5.74, 6) is 0.886. The highest BCUT2D eigenvalue weighted by Gasteiger charge is 2.24. The number of carbonyl (C=O) groups is 1. The molecule has 3 heterocycles. The first-order valence-electron chi connectivity index (χ1n) is 10.4. The summed E-state index contributed by atoms with van der Waals surface area (Å²) >= 11 is 7.55. The molecule has 164 valence electrons. The highest BCUT2D eigenvalue weighted by atomic mass is 35.5. The van der Waals surface area contributed by atoms with E-state index in [-0.39, 0.29) is 5.91 Å². The van der Waals surface area contributed by atoms with Crippen LogP contribution < -0.4 is 4.74 Å². The molecule has 0 bridgehead atoms. The molecule has 1 aliphatic heterocycles. The fraction of sp³-hybridized carbons (Fsp3) is 0.391. The summed E-state index contributed by atoms with van der Waals surface area (Å²) in [5.41, 5.74) is 4.31. The number of halogens is 1. The Morgan fingerprint density at radius 3 is 2.65 bits per heavy atom. The van der Waals surface area contributed by atoms with Crippen LogP contribution in [0.25, 0.3) is 0 Å². The second kappa shape index (κ2) is 9.42. The molecule has 6 nitrogen and oxygen atoms in total. The van der Waals surface area contributed by atoms with Crippen LogP contribution in [0.4, 0.5) is 0 Å². The number of benzene rings is 1. The van der Waals surface area contributed by atoms with Crippen molar-refractivity contribution in [3.05, 3.63) is 68.1 Å². The maximum absolute atomic E-state index is 12.9. The quantitative estimate of drug-likeness (QED) is 0.553. The largest absolute Gasteiger partial charge is 0.489 e. The minimum atomic E-state index is 0.107. The molecular weight excluding hydrogens is 432 g/mol. The molecule has 0 atom stereocenters. The Balaban J connectivity index is 1.28. The van der Waals surface area contributed by atoms with Crippen LogP contribution in [0.5, 0.6) is 5.75 Å². The molecule has 4 rings (SSSR count). The normalized spacial score (nSPS) is 14.8. The third-order valence-corrected chi connectivity index (χ3v) is 6.96. The van der Waals surface area contributed by atoms with Crippen molar-refractivity contribution in [1.82, 2.24) is 19.6 Å². The Kier molecular flexibility index (Phi) is 6.65. The molecule has 1 saturated heterocycles. The molecule has 0 radical (unpaired) electrons. The predicted octanol–water partition coefficient (Wildman–Crippen LogP) is 4.29. The van der Waals surface area contributed by atoms with Crippen molar-refractivity contribution in [2.45, 2.75) is 27.0 Å². The van der Waals surface area contributed by atoms with Gasteiger partial charge in [-0.3, -0.25) is 14.4 Å². The zero-order valence-electron chi connectivity index (χ0n) is 18.1. The molecule has 1 fully saturated rings. The fourth-order valence-corrected chi connectivity index (χ4v) is 4.73. The second-order valence-corrected chi connectivity index (χ2v) is 9.32.